The van der Waals surface area contributed by atoms with Crippen molar-refractivity contribution in [2.75, 3.05) is 5.43 Å². The lowest BCUT2D eigenvalue weighted by atomic mass is 10.2. The number of hydrogen-bond donors (Lipinski definition) is 2. The number of thioether (sulfide) groups is 1. The molecule has 0 aliphatic heterocycles. The lowest BCUT2D eigenvalue weighted by molar-refractivity contribution is 0.875. The van der Waals surface area contributed by atoms with Gasteiger partial charge in [0, 0.05) is 27.2 Å². The van der Waals surface area contributed by atoms with Crippen LogP contribution in [0.5, 0.6) is 0 Å². The van der Waals surface area contributed by atoms with Gasteiger partial charge in [-0.2, -0.15) is 9.50 Å². The number of anilines is 1. The lowest BCUT2D eigenvalue weighted by Gasteiger charge is -2.02. The van der Waals surface area contributed by atoms with Gasteiger partial charge in [0.2, 0.25) is 5.16 Å². The monoisotopic (exact) mass is 376 g/mol. The molecule has 0 atom stereocenters. The van der Waals surface area contributed by atoms with Gasteiger partial charge in [0.1, 0.15) is 5.82 Å². The first-order valence-corrected chi connectivity index (χ1v) is 9.38. The molecule has 0 amide bonds. The summed E-state index contributed by atoms with van der Waals surface area (Å²) in [7, 11) is 0. The molecule has 0 bridgehead atoms. The van der Waals surface area contributed by atoms with Crippen molar-refractivity contribution in [3.8, 4) is 0 Å². The topological polar surface area (TPSA) is 81.1 Å². The van der Waals surface area contributed by atoms with Crippen LogP contribution in [0.1, 0.15) is 11.3 Å². The fourth-order valence-corrected chi connectivity index (χ4v) is 4.47. The maximum Gasteiger partial charge on any atom is 0.255 e. The quantitative estimate of drug-likeness (QED) is 0.319. The first-order valence-electron chi connectivity index (χ1n) is 7.13. The number of nitrogens with two attached hydrogens (primary N) is 1. The number of thiophene rings is 1. The van der Waals surface area contributed by atoms with Gasteiger partial charge in [-0.15, -0.1) is 16.4 Å². The van der Waals surface area contributed by atoms with Gasteiger partial charge in [-0.05, 0) is 41.5 Å². The molecule has 4 rings (SSSR count). The van der Waals surface area contributed by atoms with Crippen molar-refractivity contribution in [3.05, 3.63) is 45.9 Å². The Kier molecular flexibility index (Phi) is 4.05. The van der Waals surface area contributed by atoms with Crippen molar-refractivity contribution in [1.29, 1.82) is 0 Å². The fraction of sp³-hybridized carbons (Fsp3) is 0.133. The summed E-state index contributed by atoms with van der Waals surface area (Å²) < 4.78 is 2.84. The molecule has 0 saturated heterocycles. The van der Waals surface area contributed by atoms with Crippen LogP contribution >= 0.6 is 34.7 Å². The molecule has 3 aromatic heterocycles. The van der Waals surface area contributed by atoms with Gasteiger partial charge in [0.25, 0.3) is 5.78 Å². The number of halogens is 1. The number of aryl methyl sites for hydroxylation is 1. The van der Waals surface area contributed by atoms with Crippen molar-refractivity contribution < 1.29 is 0 Å². The van der Waals surface area contributed by atoms with E-state index in [4.69, 9.17) is 17.4 Å². The lowest BCUT2D eigenvalue weighted by Crippen LogP contribution is -2.12. The van der Waals surface area contributed by atoms with E-state index < -0.39 is 0 Å². The number of rotatable bonds is 4. The summed E-state index contributed by atoms with van der Waals surface area (Å²) in [6.07, 6.45) is 0. The second-order valence-corrected chi connectivity index (χ2v) is 7.51. The second-order valence-electron chi connectivity index (χ2n) is 5.22. The molecule has 24 heavy (non-hydrogen) atoms. The Morgan fingerprint density at radius 1 is 1.33 bits per heavy atom. The summed E-state index contributed by atoms with van der Waals surface area (Å²) >= 11 is 9.38. The Morgan fingerprint density at radius 3 is 3.04 bits per heavy atom. The molecular weight excluding hydrogens is 364 g/mol. The average Bonchev–Trinajstić information content (AvgIpc) is 3.15. The number of nitrogen functional groups attached to an aromatic ring is 1. The number of nitrogens with one attached hydrogen (secondary N) is 1. The van der Waals surface area contributed by atoms with Crippen LogP contribution in [0.2, 0.25) is 5.02 Å². The Hall–Kier alpha value is -1.87. The molecule has 9 heteroatoms. The summed E-state index contributed by atoms with van der Waals surface area (Å²) in [6, 6.07) is 7.79. The standard InChI is InChI=1S/C15H13ClN6S2/c1-8-4-13(20-17)22-14(18-8)19-15(21-22)24-7-9-6-23-12-3-2-10(16)5-11(9)12/h2-6,20H,7,17H2,1H3. The van der Waals surface area contributed by atoms with Gasteiger partial charge in [-0.25, -0.2) is 10.8 Å². The van der Waals surface area contributed by atoms with Crippen LogP contribution < -0.4 is 11.3 Å². The van der Waals surface area contributed by atoms with Gasteiger partial charge < -0.3 is 5.43 Å². The summed E-state index contributed by atoms with van der Waals surface area (Å²) in [5, 5.41) is 9.20. The Morgan fingerprint density at radius 2 is 2.21 bits per heavy atom. The molecule has 0 fully saturated rings. The molecule has 0 saturated carbocycles. The minimum Gasteiger partial charge on any atom is -0.308 e. The predicted molar refractivity (Wildman–Crippen MR) is 99.7 cm³/mol. The highest BCUT2D eigenvalue weighted by Crippen LogP contribution is 2.32. The Bertz CT molecular complexity index is 1040. The highest BCUT2D eigenvalue weighted by Gasteiger charge is 2.11. The molecule has 1 aromatic carbocycles. The minimum absolute atomic E-state index is 0.531. The van der Waals surface area contributed by atoms with Crippen LogP contribution in [0, 0.1) is 6.92 Å². The van der Waals surface area contributed by atoms with E-state index in [0.717, 1.165) is 16.5 Å². The summed E-state index contributed by atoms with van der Waals surface area (Å²) in [4.78, 5) is 8.84. The number of fused-ring (bicyclic) bond motifs is 2. The third-order valence-electron chi connectivity index (χ3n) is 3.54. The highest BCUT2D eigenvalue weighted by atomic mass is 35.5. The number of benzene rings is 1. The van der Waals surface area contributed by atoms with Gasteiger partial charge in [-0.1, -0.05) is 23.4 Å². The normalized spacial score (nSPS) is 11.5. The molecule has 0 radical (unpaired) electrons. The number of hydrazine groups is 1. The van der Waals surface area contributed by atoms with Crippen molar-refractivity contribution >= 4 is 56.4 Å². The fourth-order valence-electron chi connectivity index (χ4n) is 2.44. The van der Waals surface area contributed by atoms with E-state index in [9.17, 15) is 0 Å². The number of nitrogens with zero attached hydrogens (tertiary/aromatic N) is 4. The van der Waals surface area contributed by atoms with E-state index in [2.05, 4.69) is 25.9 Å². The van der Waals surface area contributed by atoms with Crippen LogP contribution in [0.3, 0.4) is 0 Å². The van der Waals surface area contributed by atoms with Gasteiger partial charge in [0.05, 0.1) is 0 Å². The third-order valence-corrected chi connectivity index (χ3v) is 5.68. The van der Waals surface area contributed by atoms with Crippen LogP contribution in [0.15, 0.2) is 34.8 Å². The van der Waals surface area contributed by atoms with E-state index in [-0.39, 0.29) is 0 Å². The first kappa shape index (κ1) is 15.6. The summed E-state index contributed by atoms with van der Waals surface area (Å²) in [6.45, 7) is 1.89. The van der Waals surface area contributed by atoms with Crippen LogP contribution in [-0.4, -0.2) is 19.6 Å². The molecule has 0 spiro atoms. The molecule has 3 heterocycles. The Balaban J connectivity index is 1.63. The SMILES string of the molecule is Cc1cc(NN)n2nc(SCc3csc4ccc(Cl)cc34)nc2n1. The van der Waals surface area contributed by atoms with Crippen molar-refractivity contribution in [1.82, 2.24) is 19.6 Å². The maximum absolute atomic E-state index is 6.11. The van der Waals surface area contributed by atoms with E-state index in [0.29, 0.717) is 16.8 Å². The largest absolute Gasteiger partial charge is 0.308 e. The molecule has 3 N–H and O–H groups in total. The summed E-state index contributed by atoms with van der Waals surface area (Å²) in [5.74, 6) is 7.49. The molecule has 0 unspecified atom stereocenters. The molecule has 4 aromatic rings. The molecule has 0 aliphatic carbocycles. The zero-order valence-electron chi connectivity index (χ0n) is 12.7. The van der Waals surface area contributed by atoms with Crippen molar-refractivity contribution in [3.63, 3.8) is 0 Å². The van der Waals surface area contributed by atoms with Crippen molar-refractivity contribution in [2.24, 2.45) is 5.84 Å². The van der Waals surface area contributed by atoms with Gasteiger partial charge in [-0.3, -0.25) is 0 Å². The third kappa shape index (κ3) is 2.82. The first-order chi connectivity index (χ1) is 11.6. The predicted octanol–water partition coefficient (Wildman–Crippen LogP) is 3.88. The average molecular weight is 377 g/mol. The van der Waals surface area contributed by atoms with Gasteiger partial charge in [0.15, 0.2) is 0 Å². The van der Waals surface area contributed by atoms with E-state index in [1.807, 2.05) is 31.2 Å². The van der Waals surface area contributed by atoms with E-state index >= 15 is 0 Å². The molecule has 6 nitrogen and oxygen atoms in total. The molecular formula is C15H13ClN6S2. The van der Waals surface area contributed by atoms with Gasteiger partial charge >= 0.3 is 0 Å². The van der Waals surface area contributed by atoms with Crippen LogP contribution in [0.25, 0.3) is 15.9 Å². The maximum atomic E-state index is 6.11. The van der Waals surface area contributed by atoms with Crippen LogP contribution in [0.4, 0.5) is 5.82 Å². The molecule has 0 aliphatic rings. The van der Waals surface area contributed by atoms with Crippen molar-refractivity contribution in [2.45, 2.75) is 17.8 Å². The molecule has 122 valence electrons. The highest BCUT2D eigenvalue weighted by molar-refractivity contribution is 7.98. The number of aromatic nitrogens is 4. The number of hydrogen-bond acceptors (Lipinski definition) is 7. The van der Waals surface area contributed by atoms with E-state index in [1.165, 1.54) is 15.6 Å². The Labute approximate surface area is 151 Å². The zero-order chi connectivity index (χ0) is 16.7. The second kappa shape index (κ2) is 6.21. The summed E-state index contributed by atoms with van der Waals surface area (Å²) in [5.41, 5.74) is 4.68. The van der Waals surface area contributed by atoms with E-state index in [1.54, 1.807) is 27.6 Å². The minimum atomic E-state index is 0.531. The zero-order valence-corrected chi connectivity index (χ0v) is 15.0. The smallest absolute Gasteiger partial charge is 0.255 e. The van der Waals surface area contributed by atoms with Crippen LogP contribution in [-0.2, 0) is 5.75 Å².